The number of pyridine rings is 1. The van der Waals surface area contributed by atoms with Gasteiger partial charge in [0, 0.05) is 33.9 Å². The molecule has 5 heteroatoms. The number of carbonyl (C=O) groups is 1. The first-order valence-electron chi connectivity index (χ1n) is 7.16. The van der Waals surface area contributed by atoms with Crippen molar-refractivity contribution in [1.82, 2.24) is 14.8 Å². The van der Waals surface area contributed by atoms with Crippen molar-refractivity contribution in [2.24, 2.45) is 0 Å². The van der Waals surface area contributed by atoms with Gasteiger partial charge in [-0.3, -0.25) is 9.69 Å². The average Bonchev–Trinajstić information content (AvgIpc) is 2.47. The van der Waals surface area contributed by atoms with Crippen molar-refractivity contribution in [3.8, 4) is 0 Å². The summed E-state index contributed by atoms with van der Waals surface area (Å²) in [5.41, 5.74) is 1.31. The maximum absolute atomic E-state index is 11.8. The Bertz CT molecular complexity index is 461. The third kappa shape index (κ3) is 3.70. The molecule has 1 amide bonds. The van der Waals surface area contributed by atoms with Gasteiger partial charge in [0.1, 0.15) is 5.82 Å². The van der Waals surface area contributed by atoms with E-state index in [0.717, 1.165) is 25.3 Å². The number of amides is 1. The molecule has 0 saturated carbocycles. The maximum Gasteiger partial charge on any atom is 0.236 e. The van der Waals surface area contributed by atoms with Gasteiger partial charge in [0.05, 0.1) is 6.54 Å². The van der Waals surface area contributed by atoms with Crippen LogP contribution in [0.15, 0.2) is 18.3 Å². The largest absolute Gasteiger partial charge is 0.373 e. The Balaban J connectivity index is 2.00. The first-order valence-corrected chi connectivity index (χ1v) is 7.16. The fraction of sp³-hybridized carbons (Fsp3) is 0.600. The summed E-state index contributed by atoms with van der Waals surface area (Å²) in [6.07, 6.45) is 4.17. The summed E-state index contributed by atoms with van der Waals surface area (Å²) in [6.45, 7) is 2.49. The molecule has 0 aromatic carbocycles. The normalized spacial score (nSPS) is 19.6. The fourth-order valence-corrected chi connectivity index (χ4v) is 2.64. The van der Waals surface area contributed by atoms with Crippen molar-refractivity contribution in [3.05, 3.63) is 23.9 Å². The summed E-state index contributed by atoms with van der Waals surface area (Å²) in [6, 6.07) is 4.20. The highest BCUT2D eigenvalue weighted by molar-refractivity contribution is 5.77. The minimum Gasteiger partial charge on any atom is -0.373 e. The van der Waals surface area contributed by atoms with Gasteiger partial charge in [-0.15, -0.1) is 0 Å². The van der Waals surface area contributed by atoms with E-state index in [9.17, 15) is 4.79 Å². The summed E-state index contributed by atoms with van der Waals surface area (Å²) in [5, 5.41) is 3.08. The highest BCUT2D eigenvalue weighted by atomic mass is 16.2. The Kier molecular flexibility index (Phi) is 4.95. The van der Waals surface area contributed by atoms with Crippen molar-refractivity contribution in [2.45, 2.75) is 18.8 Å². The number of hydrogen-bond donors (Lipinski definition) is 1. The minimum absolute atomic E-state index is 0.177. The van der Waals surface area contributed by atoms with Crippen molar-refractivity contribution < 1.29 is 4.79 Å². The van der Waals surface area contributed by atoms with Crippen LogP contribution in [-0.2, 0) is 4.79 Å². The van der Waals surface area contributed by atoms with Gasteiger partial charge in [-0.1, -0.05) is 0 Å². The van der Waals surface area contributed by atoms with Crippen LogP contribution in [0.5, 0.6) is 0 Å². The molecule has 0 spiro atoms. The van der Waals surface area contributed by atoms with Crippen LogP contribution in [-0.4, -0.2) is 61.5 Å². The predicted molar refractivity (Wildman–Crippen MR) is 80.9 cm³/mol. The van der Waals surface area contributed by atoms with Gasteiger partial charge in [0.25, 0.3) is 0 Å². The van der Waals surface area contributed by atoms with Gasteiger partial charge in [0.2, 0.25) is 5.91 Å². The van der Waals surface area contributed by atoms with E-state index in [1.54, 1.807) is 4.90 Å². The van der Waals surface area contributed by atoms with Crippen LogP contribution < -0.4 is 5.32 Å². The molecule has 1 aliphatic heterocycles. The first kappa shape index (κ1) is 14.8. The maximum atomic E-state index is 11.8. The molecule has 0 radical (unpaired) electrons. The Morgan fingerprint density at radius 2 is 2.35 bits per heavy atom. The number of nitrogens with zero attached hydrogens (tertiary/aromatic N) is 3. The predicted octanol–water partition coefficient (Wildman–Crippen LogP) is 1.39. The quantitative estimate of drug-likeness (QED) is 0.903. The topological polar surface area (TPSA) is 48.5 Å². The number of piperidine rings is 1. The molecule has 1 aromatic heterocycles. The number of hydrogen-bond acceptors (Lipinski definition) is 4. The molecule has 0 aliphatic carbocycles. The van der Waals surface area contributed by atoms with Crippen molar-refractivity contribution in [1.29, 1.82) is 0 Å². The van der Waals surface area contributed by atoms with E-state index in [1.165, 1.54) is 12.0 Å². The lowest BCUT2D eigenvalue weighted by Gasteiger charge is -2.33. The van der Waals surface area contributed by atoms with Crippen LogP contribution in [0.1, 0.15) is 24.3 Å². The smallest absolute Gasteiger partial charge is 0.236 e. The monoisotopic (exact) mass is 276 g/mol. The van der Waals surface area contributed by atoms with E-state index in [1.807, 2.05) is 27.3 Å². The molecule has 5 nitrogen and oxygen atoms in total. The van der Waals surface area contributed by atoms with Crippen molar-refractivity contribution in [3.63, 3.8) is 0 Å². The Labute approximate surface area is 121 Å². The van der Waals surface area contributed by atoms with E-state index in [2.05, 4.69) is 27.3 Å². The lowest BCUT2D eigenvalue weighted by Crippen LogP contribution is -2.41. The van der Waals surface area contributed by atoms with Crippen LogP contribution >= 0.6 is 0 Å². The summed E-state index contributed by atoms with van der Waals surface area (Å²) < 4.78 is 0. The van der Waals surface area contributed by atoms with Crippen LogP contribution in [0.4, 0.5) is 5.82 Å². The van der Waals surface area contributed by atoms with Gasteiger partial charge in [-0.25, -0.2) is 4.98 Å². The molecule has 1 unspecified atom stereocenters. The zero-order valence-corrected chi connectivity index (χ0v) is 12.6. The van der Waals surface area contributed by atoms with Crippen molar-refractivity contribution >= 4 is 11.7 Å². The summed E-state index contributed by atoms with van der Waals surface area (Å²) >= 11 is 0. The van der Waals surface area contributed by atoms with Crippen LogP contribution in [0.3, 0.4) is 0 Å². The number of rotatable bonds is 4. The van der Waals surface area contributed by atoms with Gasteiger partial charge < -0.3 is 10.2 Å². The minimum atomic E-state index is 0.177. The van der Waals surface area contributed by atoms with E-state index in [-0.39, 0.29) is 5.91 Å². The zero-order valence-electron chi connectivity index (χ0n) is 12.6. The van der Waals surface area contributed by atoms with Gasteiger partial charge in [0.15, 0.2) is 0 Å². The molecule has 2 rings (SSSR count). The van der Waals surface area contributed by atoms with Crippen LogP contribution in [0, 0.1) is 0 Å². The summed E-state index contributed by atoms with van der Waals surface area (Å²) in [4.78, 5) is 20.0. The van der Waals surface area contributed by atoms with E-state index in [0.29, 0.717) is 12.5 Å². The zero-order chi connectivity index (χ0) is 14.5. The van der Waals surface area contributed by atoms with Gasteiger partial charge in [-0.2, -0.15) is 0 Å². The summed E-state index contributed by atoms with van der Waals surface area (Å²) in [7, 11) is 5.51. The van der Waals surface area contributed by atoms with E-state index in [4.69, 9.17) is 0 Å². The Hall–Kier alpha value is -1.62. The third-order valence-electron chi connectivity index (χ3n) is 3.87. The van der Waals surface area contributed by atoms with Gasteiger partial charge in [-0.05, 0) is 43.0 Å². The molecule has 0 bridgehead atoms. The molecule has 1 aromatic rings. The van der Waals surface area contributed by atoms with Crippen molar-refractivity contribution in [2.75, 3.05) is 46.1 Å². The number of likely N-dealkylation sites (N-methyl/N-ethyl adjacent to an activating group) is 1. The molecule has 1 atom stereocenters. The Morgan fingerprint density at radius 3 is 3.05 bits per heavy atom. The molecule has 1 N–H and O–H groups in total. The second-order valence-corrected chi connectivity index (χ2v) is 5.59. The number of nitrogens with one attached hydrogen (secondary N) is 1. The van der Waals surface area contributed by atoms with E-state index >= 15 is 0 Å². The standard InChI is InChI=1S/C15H24N4O/c1-16-14-9-12(6-7-17-14)13-5-4-8-19(10-13)11-15(20)18(2)3/h6-7,9,13H,4-5,8,10-11H2,1-3H3,(H,16,17). The molecule has 1 saturated heterocycles. The second kappa shape index (κ2) is 6.70. The number of likely N-dealkylation sites (tertiary alicyclic amines) is 1. The van der Waals surface area contributed by atoms with E-state index < -0.39 is 0 Å². The lowest BCUT2D eigenvalue weighted by atomic mass is 9.91. The molecule has 2 heterocycles. The molecular formula is C15H24N4O. The molecule has 1 aliphatic rings. The van der Waals surface area contributed by atoms with Gasteiger partial charge >= 0.3 is 0 Å². The fourth-order valence-electron chi connectivity index (χ4n) is 2.64. The molecule has 1 fully saturated rings. The highest BCUT2D eigenvalue weighted by Gasteiger charge is 2.23. The highest BCUT2D eigenvalue weighted by Crippen LogP contribution is 2.27. The lowest BCUT2D eigenvalue weighted by molar-refractivity contribution is -0.130. The second-order valence-electron chi connectivity index (χ2n) is 5.59. The number of carbonyl (C=O) groups excluding carboxylic acids is 1. The first-order chi connectivity index (χ1) is 9.60. The number of anilines is 1. The summed E-state index contributed by atoms with van der Waals surface area (Å²) in [5.74, 6) is 1.58. The SMILES string of the molecule is CNc1cc(C2CCCN(CC(=O)N(C)C)C2)ccn1. The molecule has 110 valence electrons. The number of aromatic nitrogens is 1. The molecule has 20 heavy (non-hydrogen) atoms. The van der Waals surface area contributed by atoms with Crippen LogP contribution in [0.25, 0.3) is 0 Å². The third-order valence-corrected chi connectivity index (χ3v) is 3.87. The average molecular weight is 276 g/mol. The molecular weight excluding hydrogens is 252 g/mol. The van der Waals surface area contributed by atoms with Crippen LogP contribution in [0.2, 0.25) is 0 Å². The Morgan fingerprint density at radius 1 is 1.55 bits per heavy atom.